The molecule has 1 aliphatic rings. The Hall–Kier alpha value is -2.13. The molecule has 0 unspecified atom stereocenters. The highest BCUT2D eigenvalue weighted by atomic mass is 16.6. The van der Waals surface area contributed by atoms with E-state index in [0.717, 1.165) is 25.9 Å². The highest BCUT2D eigenvalue weighted by molar-refractivity contribution is 5.45. The number of likely N-dealkylation sites (tertiary alicyclic amines) is 1. The zero-order valence-electron chi connectivity index (χ0n) is 12.7. The lowest BCUT2D eigenvalue weighted by Gasteiger charge is -2.26. The van der Waals surface area contributed by atoms with Crippen LogP contribution in [-0.2, 0) is 6.54 Å². The molecule has 118 valence electrons. The van der Waals surface area contributed by atoms with Gasteiger partial charge in [0.2, 0.25) is 0 Å². The Kier molecular flexibility index (Phi) is 6.16. The van der Waals surface area contributed by atoms with E-state index in [1.807, 2.05) is 0 Å². The molecule has 6 heteroatoms. The molecule has 1 aromatic rings. The number of nitrogens with zero attached hydrogens (tertiary/aromatic N) is 3. The average molecular weight is 303 g/mol. The number of nitro benzene ring substituents is 1. The summed E-state index contributed by atoms with van der Waals surface area (Å²) in [5, 5.41) is 19.7. The molecule has 1 aromatic carbocycles. The SMILES string of the molecule is N#CCCCOc1ccc([N+](=O)[O-])c(CN2CCCCC2)c1. The van der Waals surface area contributed by atoms with Crippen molar-refractivity contribution in [3.63, 3.8) is 0 Å². The van der Waals surface area contributed by atoms with Crippen LogP contribution in [0.15, 0.2) is 18.2 Å². The summed E-state index contributed by atoms with van der Waals surface area (Å²) in [6, 6.07) is 6.97. The van der Waals surface area contributed by atoms with Gasteiger partial charge in [0.15, 0.2) is 0 Å². The number of ether oxygens (including phenoxy) is 1. The molecule has 0 spiro atoms. The van der Waals surface area contributed by atoms with E-state index in [9.17, 15) is 10.1 Å². The van der Waals surface area contributed by atoms with Crippen LogP contribution in [0.4, 0.5) is 5.69 Å². The molecule has 0 atom stereocenters. The molecule has 1 saturated heterocycles. The second kappa shape index (κ2) is 8.35. The zero-order valence-corrected chi connectivity index (χ0v) is 12.7. The summed E-state index contributed by atoms with van der Waals surface area (Å²) in [6.07, 6.45) is 4.65. The topological polar surface area (TPSA) is 79.4 Å². The monoisotopic (exact) mass is 303 g/mol. The largest absolute Gasteiger partial charge is 0.494 e. The molecule has 0 aromatic heterocycles. The van der Waals surface area contributed by atoms with Crippen LogP contribution in [0.5, 0.6) is 5.75 Å². The van der Waals surface area contributed by atoms with E-state index in [1.165, 1.54) is 12.5 Å². The fourth-order valence-corrected chi connectivity index (χ4v) is 2.66. The van der Waals surface area contributed by atoms with Gasteiger partial charge < -0.3 is 4.74 Å². The van der Waals surface area contributed by atoms with Crippen LogP contribution in [0, 0.1) is 21.4 Å². The van der Waals surface area contributed by atoms with Crippen LogP contribution in [0.1, 0.15) is 37.7 Å². The van der Waals surface area contributed by atoms with Gasteiger partial charge in [0.1, 0.15) is 5.75 Å². The molecule has 1 heterocycles. The number of piperidine rings is 1. The van der Waals surface area contributed by atoms with E-state index in [0.29, 0.717) is 37.3 Å². The van der Waals surface area contributed by atoms with E-state index in [1.54, 1.807) is 12.1 Å². The summed E-state index contributed by atoms with van der Waals surface area (Å²) in [5.74, 6) is 0.635. The molecule has 1 fully saturated rings. The Morgan fingerprint density at radius 2 is 2.09 bits per heavy atom. The molecule has 6 nitrogen and oxygen atoms in total. The number of hydrogen-bond acceptors (Lipinski definition) is 5. The van der Waals surface area contributed by atoms with Gasteiger partial charge in [-0.2, -0.15) is 5.26 Å². The summed E-state index contributed by atoms with van der Waals surface area (Å²) in [5.41, 5.74) is 0.847. The van der Waals surface area contributed by atoms with Crippen molar-refractivity contribution in [2.45, 2.75) is 38.6 Å². The smallest absolute Gasteiger partial charge is 0.274 e. The standard InChI is InChI=1S/C16H21N3O3/c17-8-2-5-11-22-15-6-7-16(19(20)21)14(12-15)13-18-9-3-1-4-10-18/h6-7,12H,1-5,9-11,13H2. The van der Waals surface area contributed by atoms with Gasteiger partial charge in [0, 0.05) is 24.6 Å². The predicted molar refractivity (Wildman–Crippen MR) is 82.6 cm³/mol. The van der Waals surface area contributed by atoms with Crippen molar-refractivity contribution in [1.82, 2.24) is 4.90 Å². The van der Waals surface area contributed by atoms with Crippen LogP contribution in [0.25, 0.3) is 0 Å². The minimum Gasteiger partial charge on any atom is -0.494 e. The number of hydrogen-bond donors (Lipinski definition) is 0. The molecular weight excluding hydrogens is 282 g/mol. The van der Waals surface area contributed by atoms with Crippen LogP contribution < -0.4 is 4.74 Å². The second-order valence-electron chi connectivity index (χ2n) is 5.49. The first-order chi connectivity index (χ1) is 10.7. The van der Waals surface area contributed by atoms with Gasteiger partial charge in [-0.25, -0.2) is 0 Å². The fourth-order valence-electron chi connectivity index (χ4n) is 2.66. The molecule has 1 aliphatic heterocycles. The lowest BCUT2D eigenvalue weighted by molar-refractivity contribution is -0.385. The number of unbranched alkanes of at least 4 members (excludes halogenated alkanes) is 1. The molecule has 22 heavy (non-hydrogen) atoms. The van der Waals surface area contributed by atoms with E-state index in [4.69, 9.17) is 10.00 Å². The Labute approximate surface area is 130 Å². The maximum absolute atomic E-state index is 11.2. The first-order valence-electron chi connectivity index (χ1n) is 7.70. The second-order valence-corrected chi connectivity index (χ2v) is 5.49. The molecule has 2 rings (SSSR count). The lowest BCUT2D eigenvalue weighted by Crippen LogP contribution is -2.29. The van der Waals surface area contributed by atoms with Crippen molar-refractivity contribution in [3.05, 3.63) is 33.9 Å². The summed E-state index contributed by atoms with van der Waals surface area (Å²) in [7, 11) is 0. The van der Waals surface area contributed by atoms with Crippen molar-refractivity contribution in [1.29, 1.82) is 5.26 Å². The molecule has 0 aliphatic carbocycles. The molecule has 0 radical (unpaired) electrons. The van der Waals surface area contributed by atoms with E-state index < -0.39 is 0 Å². The first-order valence-corrected chi connectivity index (χ1v) is 7.70. The van der Waals surface area contributed by atoms with Crippen molar-refractivity contribution in [2.75, 3.05) is 19.7 Å². The number of nitriles is 1. The lowest BCUT2D eigenvalue weighted by atomic mass is 10.1. The predicted octanol–water partition coefficient (Wildman–Crippen LogP) is 3.26. The van der Waals surface area contributed by atoms with Gasteiger partial charge in [-0.15, -0.1) is 0 Å². The summed E-state index contributed by atoms with van der Waals surface area (Å²) in [4.78, 5) is 13.1. The van der Waals surface area contributed by atoms with Crippen molar-refractivity contribution in [2.24, 2.45) is 0 Å². The third-order valence-electron chi connectivity index (χ3n) is 3.79. The van der Waals surface area contributed by atoms with Crippen LogP contribution in [0.2, 0.25) is 0 Å². The van der Waals surface area contributed by atoms with Gasteiger partial charge in [-0.3, -0.25) is 15.0 Å². The third kappa shape index (κ3) is 4.71. The van der Waals surface area contributed by atoms with Crippen LogP contribution >= 0.6 is 0 Å². The van der Waals surface area contributed by atoms with Crippen LogP contribution in [0.3, 0.4) is 0 Å². The van der Waals surface area contributed by atoms with E-state index in [2.05, 4.69) is 11.0 Å². The molecule has 0 bridgehead atoms. The normalized spacial score (nSPS) is 15.2. The van der Waals surface area contributed by atoms with E-state index in [-0.39, 0.29) is 10.6 Å². The highest BCUT2D eigenvalue weighted by Gasteiger charge is 2.19. The van der Waals surface area contributed by atoms with E-state index >= 15 is 0 Å². The molecule has 0 N–H and O–H groups in total. The Morgan fingerprint density at radius 3 is 2.77 bits per heavy atom. The Morgan fingerprint density at radius 1 is 1.32 bits per heavy atom. The summed E-state index contributed by atoms with van der Waals surface area (Å²) >= 11 is 0. The van der Waals surface area contributed by atoms with Crippen molar-refractivity contribution < 1.29 is 9.66 Å². The van der Waals surface area contributed by atoms with Gasteiger partial charge in [-0.1, -0.05) is 6.42 Å². The number of benzene rings is 1. The Bertz CT molecular complexity index is 548. The Balaban J connectivity index is 2.06. The van der Waals surface area contributed by atoms with Gasteiger partial charge in [-0.05, 0) is 44.5 Å². The van der Waals surface area contributed by atoms with Crippen molar-refractivity contribution in [3.8, 4) is 11.8 Å². The first kappa shape index (κ1) is 16.2. The van der Waals surface area contributed by atoms with Gasteiger partial charge >= 0.3 is 0 Å². The fraction of sp³-hybridized carbons (Fsp3) is 0.562. The average Bonchev–Trinajstić information content (AvgIpc) is 2.52. The summed E-state index contributed by atoms with van der Waals surface area (Å²) in [6.45, 7) is 3.02. The minimum absolute atomic E-state index is 0.148. The quantitative estimate of drug-likeness (QED) is 0.439. The highest BCUT2D eigenvalue weighted by Crippen LogP contribution is 2.26. The van der Waals surface area contributed by atoms with Gasteiger partial charge in [0.25, 0.3) is 5.69 Å². The number of nitro groups is 1. The third-order valence-corrected chi connectivity index (χ3v) is 3.79. The van der Waals surface area contributed by atoms with Crippen LogP contribution in [-0.4, -0.2) is 29.5 Å². The minimum atomic E-state index is -0.335. The van der Waals surface area contributed by atoms with Gasteiger partial charge in [0.05, 0.1) is 17.6 Å². The number of rotatable bonds is 7. The van der Waals surface area contributed by atoms with Crippen molar-refractivity contribution >= 4 is 5.69 Å². The molecule has 0 amide bonds. The molecule has 0 saturated carbocycles. The maximum Gasteiger partial charge on any atom is 0.274 e. The molecular formula is C16H21N3O3. The summed E-state index contributed by atoms with van der Waals surface area (Å²) < 4.78 is 5.58. The maximum atomic E-state index is 11.2. The zero-order chi connectivity index (χ0) is 15.8.